The van der Waals surface area contributed by atoms with E-state index in [1.165, 1.54) is 19.4 Å². The Morgan fingerprint density at radius 1 is 1.20 bits per heavy atom. The van der Waals surface area contributed by atoms with Crippen LogP contribution in [0.25, 0.3) is 0 Å². The summed E-state index contributed by atoms with van der Waals surface area (Å²) in [6.45, 7) is 11.2. The summed E-state index contributed by atoms with van der Waals surface area (Å²) >= 11 is 4.91. The minimum absolute atomic E-state index is 0.589. The molecule has 0 aromatic rings. The van der Waals surface area contributed by atoms with Gasteiger partial charge in [0.05, 0.1) is 4.99 Å². The Labute approximate surface area is 100 Å². The second kappa shape index (κ2) is 8.05. The number of thiocarbonyl (C=S) groups is 1. The van der Waals surface area contributed by atoms with E-state index < -0.39 is 0 Å². The Morgan fingerprint density at radius 2 is 1.80 bits per heavy atom. The second-order valence-electron chi connectivity index (χ2n) is 4.88. The van der Waals surface area contributed by atoms with Crippen molar-refractivity contribution in [3.05, 3.63) is 0 Å². The number of rotatable bonds is 8. The molecule has 0 rings (SSSR count). The van der Waals surface area contributed by atoms with Crippen molar-refractivity contribution in [3.63, 3.8) is 0 Å². The summed E-state index contributed by atoms with van der Waals surface area (Å²) in [5.41, 5.74) is 5.52. The number of nitrogens with two attached hydrogens (primary N) is 1. The first-order valence-corrected chi connectivity index (χ1v) is 6.36. The van der Waals surface area contributed by atoms with Crippen molar-refractivity contribution in [2.45, 2.75) is 53.0 Å². The molecule has 0 aliphatic heterocycles. The minimum atomic E-state index is 0.589. The summed E-state index contributed by atoms with van der Waals surface area (Å²) in [6, 6.07) is 0.589. The lowest BCUT2D eigenvalue weighted by atomic mass is 10.1. The molecule has 0 aromatic heterocycles. The Kier molecular flexibility index (Phi) is 7.97. The van der Waals surface area contributed by atoms with Gasteiger partial charge in [-0.3, -0.25) is 0 Å². The first-order valence-electron chi connectivity index (χ1n) is 5.95. The van der Waals surface area contributed by atoms with Crippen LogP contribution in [0.3, 0.4) is 0 Å². The van der Waals surface area contributed by atoms with Gasteiger partial charge >= 0.3 is 0 Å². The Morgan fingerprint density at radius 3 is 2.20 bits per heavy atom. The quantitative estimate of drug-likeness (QED) is 0.650. The van der Waals surface area contributed by atoms with E-state index in [1.54, 1.807) is 0 Å². The normalized spacial score (nSPS) is 11.7. The molecule has 90 valence electrons. The molecule has 0 saturated carbocycles. The third kappa shape index (κ3) is 8.82. The fraction of sp³-hybridized carbons (Fsp3) is 0.917. The highest BCUT2D eigenvalue weighted by atomic mass is 32.1. The molecule has 0 saturated heterocycles. The molecular formula is C12H26N2S. The van der Waals surface area contributed by atoms with Crippen LogP contribution in [0.15, 0.2) is 0 Å². The van der Waals surface area contributed by atoms with Crippen LogP contribution in [0.2, 0.25) is 0 Å². The van der Waals surface area contributed by atoms with Crippen LogP contribution in [-0.4, -0.2) is 29.0 Å². The monoisotopic (exact) mass is 230 g/mol. The molecule has 0 spiro atoms. The Balaban J connectivity index is 3.78. The average Bonchev–Trinajstić information content (AvgIpc) is 2.09. The van der Waals surface area contributed by atoms with Crippen molar-refractivity contribution < 1.29 is 0 Å². The van der Waals surface area contributed by atoms with Crippen molar-refractivity contribution in [2.75, 3.05) is 13.1 Å². The maximum absolute atomic E-state index is 5.52. The van der Waals surface area contributed by atoms with Crippen LogP contribution in [0, 0.1) is 5.92 Å². The van der Waals surface area contributed by atoms with Crippen molar-refractivity contribution in [1.82, 2.24) is 4.90 Å². The van der Waals surface area contributed by atoms with Gasteiger partial charge in [0.1, 0.15) is 0 Å². The van der Waals surface area contributed by atoms with E-state index >= 15 is 0 Å². The first kappa shape index (κ1) is 14.8. The van der Waals surface area contributed by atoms with Gasteiger partial charge in [-0.15, -0.1) is 0 Å². The highest BCUT2D eigenvalue weighted by molar-refractivity contribution is 7.80. The molecule has 0 fully saturated rings. The summed E-state index contributed by atoms with van der Waals surface area (Å²) < 4.78 is 0. The molecule has 0 aliphatic rings. The minimum Gasteiger partial charge on any atom is -0.393 e. The summed E-state index contributed by atoms with van der Waals surface area (Å²) in [7, 11) is 0. The van der Waals surface area contributed by atoms with Crippen molar-refractivity contribution in [1.29, 1.82) is 0 Å². The predicted molar refractivity (Wildman–Crippen MR) is 72.2 cm³/mol. The lowest BCUT2D eigenvalue weighted by Gasteiger charge is -2.26. The molecule has 0 bridgehead atoms. The fourth-order valence-corrected chi connectivity index (χ4v) is 1.68. The third-order valence-corrected chi connectivity index (χ3v) is 2.81. The van der Waals surface area contributed by atoms with Gasteiger partial charge in [-0.2, -0.15) is 0 Å². The molecule has 0 aromatic carbocycles. The highest BCUT2D eigenvalue weighted by Crippen LogP contribution is 2.07. The smallest absolute Gasteiger partial charge is 0.0740 e. The van der Waals surface area contributed by atoms with E-state index in [4.69, 9.17) is 18.0 Å². The summed E-state index contributed by atoms with van der Waals surface area (Å²) in [4.78, 5) is 3.09. The lowest BCUT2D eigenvalue weighted by Crippen LogP contribution is -2.34. The van der Waals surface area contributed by atoms with E-state index in [-0.39, 0.29) is 0 Å². The number of hydrogen-bond acceptors (Lipinski definition) is 2. The SMILES string of the molecule is CC(C)CCCN(CCC(N)=S)C(C)C. The Bertz CT molecular complexity index is 178. The molecule has 15 heavy (non-hydrogen) atoms. The molecule has 0 atom stereocenters. The van der Waals surface area contributed by atoms with Crippen molar-refractivity contribution >= 4 is 17.2 Å². The topological polar surface area (TPSA) is 29.3 Å². The van der Waals surface area contributed by atoms with Crippen LogP contribution < -0.4 is 5.73 Å². The fourth-order valence-electron chi connectivity index (χ4n) is 1.58. The summed E-state index contributed by atoms with van der Waals surface area (Å²) in [6.07, 6.45) is 3.42. The molecule has 2 N–H and O–H groups in total. The van der Waals surface area contributed by atoms with Gasteiger partial charge in [0.2, 0.25) is 0 Å². The van der Waals surface area contributed by atoms with Gasteiger partial charge in [0.15, 0.2) is 0 Å². The van der Waals surface area contributed by atoms with Crippen LogP contribution in [0.4, 0.5) is 0 Å². The molecule has 3 heteroatoms. The second-order valence-corrected chi connectivity index (χ2v) is 5.41. The molecule has 0 amide bonds. The zero-order valence-corrected chi connectivity index (χ0v) is 11.4. The van der Waals surface area contributed by atoms with Crippen molar-refractivity contribution in [2.24, 2.45) is 11.7 Å². The average molecular weight is 230 g/mol. The van der Waals surface area contributed by atoms with Gasteiger partial charge in [-0.25, -0.2) is 0 Å². The Hall–Kier alpha value is -0.150. The first-order chi connectivity index (χ1) is 6.93. The van der Waals surface area contributed by atoms with Crippen LogP contribution in [-0.2, 0) is 0 Å². The van der Waals surface area contributed by atoms with Gasteiger partial charge in [0.25, 0.3) is 0 Å². The van der Waals surface area contributed by atoms with Gasteiger partial charge in [0, 0.05) is 19.0 Å². The lowest BCUT2D eigenvalue weighted by molar-refractivity contribution is 0.220. The van der Waals surface area contributed by atoms with Crippen molar-refractivity contribution in [3.8, 4) is 0 Å². The zero-order chi connectivity index (χ0) is 11.8. The predicted octanol–water partition coefficient (Wildman–Crippen LogP) is 2.81. The van der Waals surface area contributed by atoms with Crippen LogP contribution >= 0.6 is 12.2 Å². The van der Waals surface area contributed by atoms with Gasteiger partial charge < -0.3 is 10.6 Å². The zero-order valence-electron chi connectivity index (χ0n) is 10.6. The molecular weight excluding hydrogens is 204 g/mol. The van der Waals surface area contributed by atoms with E-state index in [2.05, 4.69) is 32.6 Å². The largest absolute Gasteiger partial charge is 0.393 e. The molecule has 0 unspecified atom stereocenters. The molecule has 0 radical (unpaired) electrons. The van der Waals surface area contributed by atoms with E-state index in [0.29, 0.717) is 11.0 Å². The number of nitrogens with zero attached hydrogens (tertiary/aromatic N) is 1. The maximum Gasteiger partial charge on any atom is 0.0740 e. The summed E-state index contributed by atoms with van der Waals surface area (Å²) in [5, 5.41) is 0. The van der Waals surface area contributed by atoms with Crippen LogP contribution in [0.1, 0.15) is 47.0 Å². The van der Waals surface area contributed by atoms with Gasteiger partial charge in [-0.05, 0) is 39.2 Å². The summed E-state index contributed by atoms with van der Waals surface area (Å²) in [5.74, 6) is 0.801. The van der Waals surface area contributed by atoms with E-state index in [1.807, 2.05) is 0 Å². The third-order valence-electron chi connectivity index (χ3n) is 2.60. The van der Waals surface area contributed by atoms with E-state index in [0.717, 1.165) is 18.9 Å². The highest BCUT2D eigenvalue weighted by Gasteiger charge is 2.09. The molecule has 0 heterocycles. The number of hydrogen-bond donors (Lipinski definition) is 1. The molecule has 0 aliphatic carbocycles. The maximum atomic E-state index is 5.52. The molecule has 2 nitrogen and oxygen atoms in total. The van der Waals surface area contributed by atoms with E-state index in [9.17, 15) is 0 Å². The van der Waals surface area contributed by atoms with Crippen LogP contribution in [0.5, 0.6) is 0 Å². The standard InChI is InChI=1S/C12H26N2S/c1-10(2)6-5-8-14(11(3)4)9-7-12(13)15/h10-11H,5-9H2,1-4H3,(H2,13,15). The van der Waals surface area contributed by atoms with Gasteiger partial charge in [-0.1, -0.05) is 26.1 Å².